The SMILES string of the molecule is CC(C)C(=O)OCC(C)(C)C(OC(=O)C(C)C)C(C)C. The summed E-state index contributed by atoms with van der Waals surface area (Å²) in [6, 6.07) is 0. The van der Waals surface area contributed by atoms with E-state index in [1.807, 2.05) is 41.5 Å². The second-order valence-electron chi connectivity index (χ2n) is 7.01. The Labute approximate surface area is 123 Å². The van der Waals surface area contributed by atoms with Gasteiger partial charge < -0.3 is 9.47 Å². The van der Waals surface area contributed by atoms with Crippen LogP contribution < -0.4 is 0 Å². The molecule has 0 radical (unpaired) electrons. The van der Waals surface area contributed by atoms with Gasteiger partial charge in [0.25, 0.3) is 0 Å². The molecule has 1 atom stereocenters. The minimum absolute atomic E-state index is 0.151. The van der Waals surface area contributed by atoms with Gasteiger partial charge in [-0.3, -0.25) is 9.59 Å². The summed E-state index contributed by atoms with van der Waals surface area (Å²) >= 11 is 0. The Kier molecular flexibility index (Phi) is 7.25. The van der Waals surface area contributed by atoms with Gasteiger partial charge >= 0.3 is 11.9 Å². The van der Waals surface area contributed by atoms with Gasteiger partial charge in [-0.2, -0.15) is 0 Å². The lowest BCUT2D eigenvalue weighted by molar-refractivity contribution is -0.169. The van der Waals surface area contributed by atoms with Gasteiger partial charge in [0.15, 0.2) is 0 Å². The summed E-state index contributed by atoms with van der Waals surface area (Å²) in [6.45, 7) is 15.4. The minimum Gasteiger partial charge on any atom is -0.465 e. The van der Waals surface area contributed by atoms with Crippen molar-refractivity contribution in [1.29, 1.82) is 0 Å². The molecule has 0 fully saturated rings. The van der Waals surface area contributed by atoms with Gasteiger partial charge in [-0.15, -0.1) is 0 Å². The molecule has 0 aromatic rings. The Morgan fingerprint density at radius 3 is 1.70 bits per heavy atom. The van der Waals surface area contributed by atoms with Crippen molar-refractivity contribution < 1.29 is 19.1 Å². The molecule has 4 nitrogen and oxygen atoms in total. The zero-order chi connectivity index (χ0) is 16.1. The van der Waals surface area contributed by atoms with E-state index in [-0.39, 0.29) is 42.4 Å². The molecule has 0 bridgehead atoms. The smallest absolute Gasteiger partial charge is 0.308 e. The van der Waals surface area contributed by atoms with Crippen LogP contribution in [0.3, 0.4) is 0 Å². The summed E-state index contributed by atoms with van der Waals surface area (Å²) in [6.07, 6.45) is -0.280. The van der Waals surface area contributed by atoms with Crippen molar-refractivity contribution in [3.63, 3.8) is 0 Å². The first kappa shape index (κ1) is 18.9. The van der Waals surface area contributed by atoms with Crippen LogP contribution in [0, 0.1) is 23.2 Å². The molecule has 0 rings (SSSR count). The first-order valence-corrected chi connectivity index (χ1v) is 7.36. The molecule has 118 valence electrons. The number of carbonyl (C=O) groups excluding carboxylic acids is 2. The number of hydrogen-bond acceptors (Lipinski definition) is 4. The van der Waals surface area contributed by atoms with E-state index in [4.69, 9.17) is 9.47 Å². The Bertz CT molecular complexity index is 329. The maximum Gasteiger partial charge on any atom is 0.308 e. The Morgan fingerprint density at radius 2 is 1.35 bits per heavy atom. The maximum atomic E-state index is 11.8. The quantitative estimate of drug-likeness (QED) is 0.673. The average molecular weight is 286 g/mol. The highest BCUT2D eigenvalue weighted by Gasteiger charge is 2.37. The highest BCUT2D eigenvalue weighted by Crippen LogP contribution is 2.30. The third kappa shape index (κ3) is 5.93. The molecule has 0 aliphatic heterocycles. The maximum absolute atomic E-state index is 11.8. The van der Waals surface area contributed by atoms with Crippen molar-refractivity contribution in [3.8, 4) is 0 Å². The van der Waals surface area contributed by atoms with Crippen LogP contribution in [0.25, 0.3) is 0 Å². The molecule has 4 heteroatoms. The molecular formula is C16H30O4. The number of ether oxygens (including phenoxy) is 2. The van der Waals surface area contributed by atoms with Gasteiger partial charge in [-0.05, 0) is 5.92 Å². The van der Waals surface area contributed by atoms with Gasteiger partial charge in [0.05, 0.1) is 18.4 Å². The van der Waals surface area contributed by atoms with Crippen LogP contribution in [-0.2, 0) is 19.1 Å². The standard InChI is InChI=1S/C16H30O4/c1-10(2)13(20-15(18)12(5)6)16(7,8)9-19-14(17)11(3)4/h10-13H,9H2,1-8H3. The number of hydrogen-bond donors (Lipinski definition) is 0. The minimum atomic E-state index is -0.413. The van der Waals surface area contributed by atoms with E-state index in [0.717, 1.165) is 0 Å². The Balaban J connectivity index is 4.79. The molecule has 1 unspecified atom stereocenters. The normalized spacial score (nSPS) is 13.8. The number of rotatable bonds is 7. The van der Waals surface area contributed by atoms with Gasteiger partial charge in [0.2, 0.25) is 0 Å². The third-order valence-corrected chi connectivity index (χ3v) is 3.15. The molecule has 0 spiro atoms. The van der Waals surface area contributed by atoms with Gasteiger partial charge in [0.1, 0.15) is 6.10 Å². The Morgan fingerprint density at radius 1 is 0.900 bits per heavy atom. The van der Waals surface area contributed by atoms with E-state index in [1.165, 1.54) is 0 Å². The lowest BCUT2D eigenvalue weighted by atomic mass is 9.81. The van der Waals surface area contributed by atoms with Crippen LogP contribution in [0.4, 0.5) is 0 Å². The van der Waals surface area contributed by atoms with E-state index >= 15 is 0 Å². The number of esters is 2. The molecule has 20 heavy (non-hydrogen) atoms. The van der Waals surface area contributed by atoms with E-state index in [9.17, 15) is 9.59 Å². The van der Waals surface area contributed by atoms with Crippen molar-refractivity contribution in [1.82, 2.24) is 0 Å². The average Bonchev–Trinajstić information content (AvgIpc) is 2.31. The van der Waals surface area contributed by atoms with E-state index in [0.29, 0.717) is 0 Å². The van der Waals surface area contributed by atoms with Crippen LogP contribution in [0.2, 0.25) is 0 Å². The fraction of sp³-hybridized carbons (Fsp3) is 0.875. The van der Waals surface area contributed by atoms with E-state index < -0.39 is 5.41 Å². The van der Waals surface area contributed by atoms with Gasteiger partial charge in [0, 0.05) is 5.41 Å². The molecule has 0 N–H and O–H groups in total. The first-order chi connectivity index (χ1) is 8.99. The van der Waals surface area contributed by atoms with E-state index in [1.54, 1.807) is 13.8 Å². The van der Waals surface area contributed by atoms with Crippen LogP contribution in [0.15, 0.2) is 0 Å². The summed E-state index contributed by atoms with van der Waals surface area (Å²) in [5.74, 6) is -0.597. The van der Waals surface area contributed by atoms with Crippen molar-refractivity contribution in [2.75, 3.05) is 6.61 Å². The molecule has 0 aromatic carbocycles. The van der Waals surface area contributed by atoms with Gasteiger partial charge in [-0.1, -0.05) is 55.4 Å². The molecular weight excluding hydrogens is 256 g/mol. The molecule has 0 aliphatic carbocycles. The fourth-order valence-electron chi connectivity index (χ4n) is 1.97. The fourth-order valence-corrected chi connectivity index (χ4v) is 1.97. The lowest BCUT2D eigenvalue weighted by Crippen LogP contribution is -2.42. The summed E-state index contributed by atoms with van der Waals surface area (Å²) in [5.41, 5.74) is -0.413. The van der Waals surface area contributed by atoms with Crippen LogP contribution in [0.1, 0.15) is 55.4 Å². The predicted octanol–water partition coefficient (Wildman–Crippen LogP) is 3.44. The highest BCUT2D eigenvalue weighted by atomic mass is 16.6. The monoisotopic (exact) mass is 286 g/mol. The van der Waals surface area contributed by atoms with Crippen molar-refractivity contribution >= 4 is 11.9 Å². The van der Waals surface area contributed by atoms with Crippen molar-refractivity contribution in [2.45, 2.75) is 61.5 Å². The second kappa shape index (κ2) is 7.65. The third-order valence-electron chi connectivity index (χ3n) is 3.15. The summed E-state index contributed by atoms with van der Waals surface area (Å²) < 4.78 is 10.9. The largest absolute Gasteiger partial charge is 0.465 e. The van der Waals surface area contributed by atoms with Crippen molar-refractivity contribution in [2.24, 2.45) is 23.2 Å². The number of carbonyl (C=O) groups is 2. The molecule has 0 heterocycles. The topological polar surface area (TPSA) is 52.6 Å². The zero-order valence-electron chi connectivity index (χ0n) is 14.1. The zero-order valence-corrected chi connectivity index (χ0v) is 14.1. The summed E-state index contributed by atoms with van der Waals surface area (Å²) in [5, 5.41) is 0. The van der Waals surface area contributed by atoms with E-state index in [2.05, 4.69) is 0 Å². The first-order valence-electron chi connectivity index (χ1n) is 7.36. The summed E-state index contributed by atoms with van der Waals surface area (Å²) in [7, 11) is 0. The second-order valence-corrected chi connectivity index (χ2v) is 7.01. The van der Waals surface area contributed by atoms with Gasteiger partial charge in [-0.25, -0.2) is 0 Å². The lowest BCUT2D eigenvalue weighted by Gasteiger charge is -2.36. The molecule has 0 saturated carbocycles. The predicted molar refractivity (Wildman–Crippen MR) is 79.1 cm³/mol. The Hall–Kier alpha value is -1.06. The molecule has 0 aliphatic rings. The van der Waals surface area contributed by atoms with Crippen molar-refractivity contribution in [3.05, 3.63) is 0 Å². The van der Waals surface area contributed by atoms with Crippen LogP contribution in [0.5, 0.6) is 0 Å². The molecule has 0 amide bonds. The highest BCUT2D eigenvalue weighted by molar-refractivity contribution is 5.72. The summed E-state index contributed by atoms with van der Waals surface area (Å²) in [4.78, 5) is 23.4. The molecule has 0 aromatic heterocycles. The molecule has 0 saturated heterocycles. The van der Waals surface area contributed by atoms with Crippen LogP contribution >= 0.6 is 0 Å². The van der Waals surface area contributed by atoms with Crippen LogP contribution in [-0.4, -0.2) is 24.6 Å².